The predicted octanol–water partition coefficient (Wildman–Crippen LogP) is 2.61. The van der Waals surface area contributed by atoms with Gasteiger partial charge in [0.2, 0.25) is 0 Å². The summed E-state index contributed by atoms with van der Waals surface area (Å²) >= 11 is 0. The smallest absolute Gasteiger partial charge is 0.0907 e. The van der Waals surface area contributed by atoms with E-state index in [0.717, 1.165) is 22.8 Å². The van der Waals surface area contributed by atoms with Crippen molar-refractivity contribution in [2.45, 2.75) is 0 Å². The number of aromatic nitrogens is 4. The van der Waals surface area contributed by atoms with Crippen LogP contribution in [0.3, 0.4) is 0 Å². The Morgan fingerprint density at radius 2 is 0.621 bits per heavy atom. The summed E-state index contributed by atoms with van der Waals surface area (Å²) in [6.07, 6.45) is 6.59. The van der Waals surface area contributed by atoms with Gasteiger partial charge in [0, 0.05) is 67.3 Å². The van der Waals surface area contributed by atoms with Crippen molar-refractivity contribution in [3.05, 3.63) is 73.3 Å². The fourth-order valence-corrected chi connectivity index (χ4v) is 2.35. The molecule has 0 aromatic carbocycles. The number of hydrogen-bond donors (Lipinski definition) is 4. The fourth-order valence-electron chi connectivity index (χ4n) is 2.35. The molecule has 0 saturated carbocycles. The quantitative estimate of drug-likeness (QED) is 0.291. The molecule has 0 fully saturated rings. The number of rotatable bonds is 2. The van der Waals surface area contributed by atoms with E-state index >= 15 is 0 Å². The first kappa shape index (κ1) is 21.7. The zero-order valence-electron chi connectivity index (χ0n) is 15.4. The summed E-state index contributed by atoms with van der Waals surface area (Å²) in [7, 11) is 0. The van der Waals surface area contributed by atoms with Crippen LogP contribution in [0.5, 0.6) is 0 Å². The molecule has 0 aliphatic carbocycles. The minimum atomic E-state index is 0. The van der Waals surface area contributed by atoms with Crippen LogP contribution in [0.15, 0.2) is 73.3 Å². The Labute approximate surface area is 181 Å². The second-order valence-corrected chi connectivity index (χ2v) is 5.90. The topological polar surface area (TPSA) is 156 Å². The van der Waals surface area contributed by atoms with Crippen molar-refractivity contribution in [2.24, 2.45) is 0 Å². The van der Waals surface area contributed by atoms with E-state index < -0.39 is 0 Å². The molecule has 0 unspecified atom stereocenters. The number of pyridine rings is 4. The van der Waals surface area contributed by atoms with E-state index in [2.05, 4.69) is 19.9 Å². The second kappa shape index (κ2) is 10.1. The van der Waals surface area contributed by atoms with Crippen molar-refractivity contribution in [2.75, 3.05) is 22.9 Å². The molecule has 29 heavy (non-hydrogen) atoms. The first-order chi connectivity index (χ1) is 13.5. The third kappa shape index (κ3) is 6.23. The maximum Gasteiger partial charge on any atom is 0.0907 e. The summed E-state index contributed by atoms with van der Waals surface area (Å²) in [6, 6.07) is 14.0. The Morgan fingerprint density at radius 3 is 0.793 bits per heavy atom. The zero-order chi connectivity index (χ0) is 19.9. The summed E-state index contributed by atoms with van der Waals surface area (Å²) in [5.74, 6) is 0. The summed E-state index contributed by atoms with van der Waals surface area (Å²) in [6.45, 7) is 0. The minimum absolute atomic E-state index is 0. The van der Waals surface area contributed by atoms with Crippen molar-refractivity contribution in [3.63, 3.8) is 0 Å². The van der Waals surface area contributed by atoms with E-state index in [1.807, 2.05) is 0 Å². The largest absolute Gasteiger partial charge is 0.399 e. The molecule has 9 heteroatoms. The van der Waals surface area contributed by atoms with Gasteiger partial charge in [0.15, 0.2) is 0 Å². The van der Waals surface area contributed by atoms with Gasteiger partial charge >= 0.3 is 0 Å². The summed E-state index contributed by atoms with van der Waals surface area (Å²) in [5.41, 5.74) is 28.1. The first-order valence-corrected chi connectivity index (χ1v) is 8.38. The molecule has 148 valence electrons. The third-order valence-corrected chi connectivity index (χ3v) is 3.66. The first-order valence-electron chi connectivity index (χ1n) is 8.38. The van der Waals surface area contributed by atoms with Crippen molar-refractivity contribution in [3.8, 4) is 22.8 Å². The minimum Gasteiger partial charge on any atom is -0.399 e. The van der Waals surface area contributed by atoms with Crippen LogP contribution in [0.2, 0.25) is 0 Å². The van der Waals surface area contributed by atoms with Crippen LogP contribution in [0.4, 0.5) is 22.7 Å². The van der Waals surface area contributed by atoms with Gasteiger partial charge in [0.1, 0.15) is 0 Å². The SMILES string of the molecule is Nc1ccnc(-c2cc(N)ccn2)c1.Nc1ccnc(-c2cc(N)ccn2)c1.[Os]. The standard InChI is InChI=1S/2C10H10N4.Os/c2*11-7-1-3-13-9(5-7)10-6-8(12)2-4-14-10;/h2*1-6H,(H2,11,13)(H2,12,14);. The number of nitrogens with two attached hydrogens (primary N) is 4. The monoisotopic (exact) mass is 564 g/mol. The Bertz CT molecular complexity index is 913. The maximum atomic E-state index is 5.63. The molecule has 4 aromatic rings. The Kier molecular flexibility index (Phi) is 7.58. The van der Waals surface area contributed by atoms with Crippen LogP contribution in [0, 0.1) is 0 Å². The van der Waals surface area contributed by atoms with E-state index in [9.17, 15) is 0 Å². The van der Waals surface area contributed by atoms with Gasteiger partial charge in [-0.25, -0.2) is 0 Å². The van der Waals surface area contributed by atoms with Crippen molar-refractivity contribution < 1.29 is 19.8 Å². The van der Waals surface area contributed by atoms with E-state index in [4.69, 9.17) is 22.9 Å². The van der Waals surface area contributed by atoms with Crippen LogP contribution in [-0.4, -0.2) is 19.9 Å². The van der Waals surface area contributed by atoms with Crippen LogP contribution >= 0.6 is 0 Å². The Morgan fingerprint density at radius 1 is 0.414 bits per heavy atom. The number of anilines is 4. The summed E-state index contributed by atoms with van der Waals surface area (Å²) in [4.78, 5) is 16.6. The molecular formula is C20H20N8Os. The Balaban J connectivity index is 0.000000200. The summed E-state index contributed by atoms with van der Waals surface area (Å²) < 4.78 is 0. The molecule has 0 atom stereocenters. The van der Waals surface area contributed by atoms with Gasteiger partial charge in [-0.05, 0) is 48.5 Å². The average Bonchev–Trinajstić information content (AvgIpc) is 2.69. The van der Waals surface area contributed by atoms with Gasteiger partial charge in [-0.1, -0.05) is 0 Å². The van der Waals surface area contributed by atoms with Gasteiger partial charge in [0.25, 0.3) is 0 Å². The normalized spacial score (nSPS) is 9.66. The molecule has 0 amide bonds. The van der Waals surface area contributed by atoms with Crippen LogP contribution in [-0.2, 0) is 19.8 Å². The molecule has 0 aliphatic rings. The molecule has 4 rings (SSSR count). The second-order valence-electron chi connectivity index (χ2n) is 5.90. The van der Waals surface area contributed by atoms with Crippen LogP contribution in [0.25, 0.3) is 22.8 Å². The third-order valence-electron chi connectivity index (χ3n) is 3.66. The van der Waals surface area contributed by atoms with Gasteiger partial charge in [-0.3, -0.25) is 19.9 Å². The molecule has 8 nitrogen and oxygen atoms in total. The van der Waals surface area contributed by atoms with Crippen molar-refractivity contribution >= 4 is 22.7 Å². The molecule has 0 spiro atoms. The van der Waals surface area contributed by atoms with Gasteiger partial charge < -0.3 is 22.9 Å². The number of nitrogen functional groups attached to an aromatic ring is 4. The molecule has 4 heterocycles. The van der Waals surface area contributed by atoms with E-state index in [-0.39, 0.29) is 19.8 Å². The average molecular weight is 563 g/mol. The number of nitrogens with zero attached hydrogens (tertiary/aromatic N) is 4. The van der Waals surface area contributed by atoms with Crippen molar-refractivity contribution in [1.29, 1.82) is 0 Å². The molecular weight excluding hydrogens is 543 g/mol. The molecule has 0 bridgehead atoms. The predicted molar refractivity (Wildman–Crippen MR) is 113 cm³/mol. The van der Waals surface area contributed by atoms with Crippen LogP contribution in [0.1, 0.15) is 0 Å². The van der Waals surface area contributed by atoms with E-state index in [0.29, 0.717) is 22.7 Å². The molecule has 8 N–H and O–H groups in total. The van der Waals surface area contributed by atoms with E-state index in [1.54, 1.807) is 73.3 Å². The molecule has 0 radical (unpaired) electrons. The maximum absolute atomic E-state index is 5.63. The number of hydrogen-bond acceptors (Lipinski definition) is 8. The van der Waals surface area contributed by atoms with Gasteiger partial charge in [-0.2, -0.15) is 0 Å². The fraction of sp³-hybridized carbons (Fsp3) is 0. The molecule has 4 aromatic heterocycles. The van der Waals surface area contributed by atoms with Crippen LogP contribution < -0.4 is 22.9 Å². The molecule has 0 aliphatic heterocycles. The summed E-state index contributed by atoms with van der Waals surface area (Å²) in [5, 5.41) is 0. The molecule has 0 saturated heterocycles. The Hall–Kier alpha value is -3.56. The van der Waals surface area contributed by atoms with Crippen molar-refractivity contribution in [1.82, 2.24) is 19.9 Å². The van der Waals surface area contributed by atoms with Gasteiger partial charge in [0.05, 0.1) is 22.8 Å². The van der Waals surface area contributed by atoms with E-state index in [1.165, 1.54) is 0 Å². The zero-order valence-corrected chi connectivity index (χ0v) is 17.9. The van der Waals surface area contributed by atoms with Gasteiger partial charge in [-0.15, -0.1) is 0 Å².